The van der Waals surface area contributed by atoms with Gasteiger partial charge in [0, 0.05) is 23.8 Å². The topological polar surface area (TPSA) is 30.9 Å². The molecule has 0 atom stereocenters. The fraction of sp³-hybridized carbons (Fsp3) is 0.0909. The molecule has 0 bridgehead atoms. The predicted octanol–water partition coefficient (Wildman–Crippen LogP) is 2.37. The Balaban J connectivity index is 2.53. The molecule has 0 spiro atoms. The van der Waals surface area contributed by atoms with Crippen LogP contribution in [0.5, 0.6) is 0 Å². The lowest BCUT2D eigenvalue weighted by atomic mass is 10.2. The normalized spacial score (nSPS) is 10.2. The van der Waals surface area contributed by atoms with Gasteiger partial charge < -0.3 is 10.3 Å². The van der Waals surface area contributed by atoms with Gasteiger partial charge in [0.05, 0.1) is 0 Å². The third-order valence-electron chi connectivity index (χ3n) is 1.99. The average Bonchev–Trinajstić information content (AvgIpc) is 2.53. The molecule has 0 saturated heterocycles. The molecule has 1 aromatic carbocycles. The minimum Gasteiger partial charge on any atom is -0.399 e. The number of nitrogens with two attached hydrogens (primary N) is 1. The number of aromatic nitrogens is 1. The first-order valence-electron chi connectivity index (χ1n) is 4.26. The van der Waals surface area contributed by atoms with Crippen molar-refractivity contribution in [2.24, 2.45) is 0 Å². The smallest absolute Gasteiger partial charge is 0.0472 e. The molecule has 0 unspecified atom stereocenters. The van der Waals surface area contributed by atoms with Gasteiger partial charge in [-0.15, -0.1) is 0 Å². The van der Waals surface area contributed by atoms with Gasteiger partial charge in [-0.2, -0.15) is 0 Å². The molecule has 0 saturated carbocycles. The zero-order valence-corrected chi connectivity index (χ0v) is 7.57. The van der Waals surface area contributed by atoms with Crippen molar-refractivity contribution in [3.8, 4) is 5.69 Å². The lowest BCUT2D eigenvalue weighted by molar-refractivity contribution is 1.08. The average molecular weight is 172 g/mol. The Hall–Kier alpha value is -1.70. The van der Waals surface area contributed by atoms with E-state index in [-0.39, 0.29) is 0 Å². The first-order valence-corrected chi connectivity index (χ1v) is 4.26. The van der Waals surface area contributed by atoms with Crippen LogP contribution in [0.15, 0.2) is 42.7 Å². The van der Waals surface area contributed by atoms with Crippen molar-refractivity contribution in [2.75, 3.05) is 5.73 Å². The van der Waals surface area contributed by atoms with Crippen molar-refractivity contribution in [1.29, 1.82) is 0 Å². The van der Waals surface area contributed by atoms with Gasteiger partial charge in [0.25, 0.3) is 0 Å². The minimum absolute atomic E-state index is 0.809. The second kappa shape index (κ2) is 2.98. The van der Waals surface area contributed by atoms with Crippen molar-refractivity contribution < 1.29 is 0 Å². The van der Waals surface area contributed by atoms with E-state index in [1.54, 1.807) is 0 Å². The van der Waals surface area contributed by atoms with Crippen LogP contribution in [0.2, 0.25) is 0 Å². The quantitative estimate of drug-likeness (QED) is 0.658. The Morgan fingerprint density at radius 1 is 1.08 bits per heavy atom. The zero-order valence-electron chi connectivity index (χ0n) is 7.57. The van der Waals surface area contributed by atoms with E-state index < -0.39 is 0 Å². The summed E-state index contributed by atoms with van der Waals surface area (Å²) < 4.78 is 2.04. The molecule has 2 nitrogen and oxygen atoms in total. The molecular weight excluding hydrogens is 160 g/mol. The molecule has 66 valence electrons. The van der Waals surface area contributed by atoms with Gasteiger partial charge in [0.15, 0.2) is 0 Å². The van der Waals surface area contributed by atoms with Crippen LogP contribution in [0.4, 0.5) is 5.69 Å². The largest absolute Gasteiger partial charge is 0.399 e. The van der Waals surface area contributed by atoms with E-state index in [1.165, 1.54) is 5.56 Å². The second-order valence-corrected chi connectivity index (χ2v) is 3.19. The summed E-state index contributed by atoms with van der Waals surface area (Å²) in [4.78, 5) is 0. The van der Waals surface area contributed by atoms with Crippen LogP contribution >= 0.6 is 0 Å². The van der Waals surface area contributed by atoms with E-state index in [9.17, 15) is 0 Å². The highest BCUT2D eigenvalue weighted by Gasteiger charge is 1.96. The molecule has 0 aliphatic rings. The number of nitrogen functional groups attached to an aromatic ring is 1. The van der Waals surface area contributed by atoms with Crippen LogP contribution in [0.25, 0.3) is 5.69 Å². The molecular formula is C11H12N2. The van der Waals surface area contributed by atoms with Crippen LogP contribution in [-0.2, 0) is 0 Å². The minimum atomic E-state index is 0.809. The van der Waals surface area contributed by atoms with Gasteiger partial charge >= 0.3 is 0 Å². The Kier molecular flexibility index (Phi) is 1.81. The van der Waals surface area contributed by atoms with Crippen molar-refractivity contribution in [2.45, 2.75) is 6.92 Å². The molecule has 2 rings (SSSR count). The fourth-order valence-electron chi connectivity index (χ4n) is 1.45. The Morgan fingerprint density at radius 3 is 2.38 bits per heavy atom. The van der Waals surface area contributed by atoms with Crippen LogP contribution in [0.3, 0.4) is 0 Å². The van der Waals surface area contributed by atoms with Crippen LogP contribution in [-0.4, -0.2) is 4.57 Å². The number of benzene rings is 1. The molecule has 0 amide bonds. The summed E-state index contributed by atoms with van der Waals surface area (Å²) in [6.07, 6.45) is 4.02. The maximum atomic E-state index is 5.75. The van der Waals surface area contributed by atoms with E-state index in [0.29, 0.717) is 0 Å². The van der Waals surface area contributed by atoms with Crippen molar-refractivity contribution >= 4 is 5.69 Å². The summed E-state index contributed by atoms with van der Waals surface area (Å²) in [5.74, 6) is 0. The van der Waals surface area contributed by atoms with Crippen LogP contribution in [0, 0.1) is 6.92 Å². The Morgan fingerprint density at radius 2 is 1.77 bits per heavy atom. The molecule has 2 N–H and O–H groups in total. The van der Waals surface area contributed by atoms with Gasteiger partial charge in [0.2, 0.25) is 0 Å². The number of nitrogens with zero attached hydrogens (tertiary/aromatic N) is 1. The molecule has 1 aromatic heterocycles. The summed E-state index contributed by atoms with van der Waals surface area (Å²) in [7, 11) is 0. The van der Waals surface area contributed by atoms with E-state index in [1.807, 2.05) is 48.1 Å². The van der Waals surface area contributed by atoms with Gasteiger partial charge in [-0.25, -0.2) is 0 Å². The highest BCUT2D eigenvalue weighted by atomic mass is 14.9. The number of hydrogen-bond donors (Lipinski definition) is 1. The third-order valence-corrected chi connectivity index (χ3v) is 1.99. The molecule has 0 aliphatic heterocycles. The van der Waals surface area contributed by atoms with E-state index in [2.05, 4.69) is 6.07 Å². The van der Waals surface area contributed by atoms with Gasteiger partial charge in [-0.3, -0.25) is 0 Å². The monoisotopic (exact) mass is 172 g/mol. The summed E-state index contributed by atoms with van der Waals surface area (Å²) >= 11 is 0. The van der Waals surface area contributed by atoms with Crippen molar-refractivity contribution in [3.05, 3.63) is 48.3 Å². The van der Waals surface area contributed by atoms with Gasteiger partial charge in [-0.1, -0.05) is 0 Å². The number of anilines is 1. The summed E-state index contributed by atoms with van der Waals surface area (Å²) in [5.41, 5.74) is 8.86. The van der Waals surface area contributed by atoms with Gasteiger partial charge in [0.1, 0.15) is 0 Å². The van der Waals surface area contributed by atoms with E-state index in [4.69, 9.17) is 5.73 Å². The van der Waals surface area contributed by atoms with Crippen molar-refractivity contribution in [3.63, 3.8) is 0 Å². The predicted molar refractivity (Wildman–Crippen MR) is 54.9 cm³/mol. The summed E-state index contributed by atoms with van der Waals surface area (Å²) in [6, 6.07) is 10.0. The molecule has 2 aromatic rings. The fourth-order valence-corrected chi connectivity index (χ4v) is 1.45. The van der Waals surface area contributed by atoms with E-state index >= 15 is 0 Å². The first-order chi connectivity index (χ1) is 6.25. The summed E-state index contributed by atoms with van der Waals surface area (Å²) in [6.45, 7) is 2.04. The second-order valence-electron chi connectivity index (χ2n) is 3.19. The third kappa shape index (κ3) is 1.56. The lowest BCUT2D eigenvalue weighted by Crippen LogP contribution is -1.93. The lowest BCUT2D eigenvalue weighted by Gasteiger charge is -2.05. The molecule has 0 fully saturated rings. The Labute approximate surface area is 77.6 Å². The molecule has 0 aliphatic carbocycles. The molecule has 13 heavy (non-hydrogen) atoms. The molecule has 0 radical (unpaired) electrons. The van der Waals surface area contributed by atoms with Crippen LogP contribution in [0.1, 0.15) is 5.56 Å². The molecule has 1 heterocycles. The first kappa shape index (κ1) is 7.92. The number of hydrogen-bond acceptors (Lipinski definition) is 1. The maximum Gasteiger partial charge on any atom is 0.0472 e. The maximum absolute atomic E-state index is 5.75. The van der Waals surface area contributed by atoms with Crippen LogP contribution < -0.4 is 5.73 Å². The molecule has 2 heteroatoms. The van der Waals surface area contributed by atoms with Crippen molar-refractivity contribution in [1.82, 2.24) is 4.57 Å². The van der Waals surface area contributed by atoms with E-state index in [0.717, 1.165) is 11.4 Å². The summed E-state index contributed by atoms with van der Waals surface area (Å²) in [5, 5.41) is 0. The number of aryl methyl sites for hydroxylation is 1. The zero-order chi connectivity index (χ0) is 9.26. The highest BCUT2D eigenvalue weighted by Crippen LogP contribution is 2.15. The Bertz CT molecular complexity index is 382. The highest BCUT2D eigenvalue weighted by molar-refractivity contribution is 5.50. The number of rotatable bonds is 1. The standard InChI is InChI=1S/C11H12N2/c1-9-6-10(12)8-11(7-9)13-4-2-3-5-13/h2-8H,12H2,1H3. The SMILES string of the molecule is Cc1cc(N)cc(-n2cccc2)c1. The van der Waals surface area contributed by atoms with Gasteiger partial charge in [-0.05, 0) is 42.8 Å².